The van der Waals surface area contributed by atoms with E-state index in [1.807, 2.05) is 0 Å². The van der Waals surface area contributed by atoms with Crippen molar-refractivity contribution in [3.05, 3.63) is 216 Å². The van der Waals surface area contributed by atoms with Crippen LogP contribution in [0.4, 0.5) is 34.1 Å². The molecule has 6 heteroatoms. The molecular weight excluding hydrogens is 841 g/mol. The Bertz CT molecular complexity index is 3680. The van der Waals surface area contributed by atoms with Gasteiger partial charge < -0.3 is 9.80 Å². The first-order chi connectivity index (χ1) is 32.2. The number of rotatable bonds is 6. The smallest absolute Gasteiger partial charge is 0.124 e. The lowest BCUT2D eigenvalue weighted by molar-refractivity contribution is 0.631. The molecule has 9 aromatic carbocycles. The van der Waals surface area contributed by atoms with Crippen LogP contribution in [0.25, 0.3) is 63.5 Å². The number of hydrogen-bond acceptors (Lipinski definition) is 6. The average molecular weight is 885 g/mol. The van der Waals surface area contributed by atoms with Crippen molar-refractivity contribution in [3.8, 4) is 32.3 Å². The molecule has 11 aromatic rings. The van der Waals surface area contributed by atoms with Crippen molar-refractivity contribution in [2.45, 2.75) is 38.5 Å². The summed E-state index contributed by atoms with van der Waals surface area (Å²) in [5, 5.41) is 4.53. The summed E-state index contributed by atoms with van der Waals surface area (Å²) in [6.45, 7) is 9.51. The van der Waals surface area contributed by atoms with Crippen LogP contribution >= 0.6 is 22.7 Å². The molecule has 0 spiro atoms. The summed E-state index contributed by atoms with van der Waals surface area (Å²) in [5.41, 5.74) is 18.7. The predicted molar refractivity (Wildman–Crippen MR) is 280 cm³/mol. The number of nitrogens with zero attached hydrogens (tertiary/aromatic N) is 4. The van der Waals surface area contributed by atoms with Crippen molar-refractivity contribution in [2.24, 2.45) is 0 Å². The van der Waals surface area contributed by atoms with Crippen LogP contribution in [-0.2, 0) is 10.8 Å². The Morgan fingerprint density at radius 3 is 1.70 bits per heavy atom. The largest absolute Gasteiger partial charge is 0.310 e. The molecule has 0 atom stereocenters. The van der Waals surface area contributed by atoms with Gasteiger partial charge in [0.25, 0.3) is 0 Å². The normalized spacial score (nSPS) is 14.3. The third-order valence-electron chi connectivity index (χ3n) is 14.1. The third kappa shape index (κ3) is 6.02. The zero-order valence-electron chi connectivity index (χ0n) is 37.1. The van der Waals surface area contributed by atoms with Gasteiger partial charge in [0.2, 0.25) is 0 Å². The number of para-hydroxylation sites is 3. The molecule has 0 saturated heterocycles. The van der Waals surface area contributed by atoms with Crippen molar-refractivity contribution in [3.63, 3.8) is 0 Å². The van der Waals surface area contributed by atoms with Crippen LogP contribution in [0.15, 0.2) is 194 Å². The summed E-state index contributed by atoms with van der Waals surface area (Å²) in [6, 6.07) is 71.3. The second-order valence-corrected chi connectivity index (χ2v) is 20.7. The van der Waals surface area contributed by atoms with Crippen LogP contribution < -0.4 is 9.80 Å². The zero-order chi connectivity index (χ0) is 44.3. The van der Waals surface area contributed by atoms with E-state index in [1.165, 1.54) is 64.9 Å². The number of hydrogen-bond donors (Lipinski definition) is 0. The van der Waals surface area contributed by atoms with Gasteiger partial charge in [0, 0.05) is 44.7 Å². The van der Waals surface area contributed by atoms with Gasteiger partial charge in [-0.3, -0.25) is 0 Å². The van der Waals surface area contributed by atoms with Gasteiger partial charge in [-0.1, -0.05) is 113 Å². The summed E-state index contributed by atoms with van der Waals surface area (Å²) in [5.74, 6) is 0. The molecular formula is C60H44N4S2. The number of benzene rings is 9. The van der Waals surface area contributed by atoms with E-state index in [9.17, 15) is 0 Å². The summed E-state index contributed by atoms with van der Waals surface area (Å²) in [6.07, 6.45) is 0. The predicted octanol–water partition coefficient (Wildman–Crippen LogP) is 17.3. The molecule has 0 amide bonds. The van der Waals surface area contributed by atoms with E-state index < -0.39 is 0 Å². The minimum Gasteiger partial charge on any atom is -0.310 e. The molecule has 316 valence electrons. The van der Waals surface area contributed by atoms with Gasteiger partial charge >= 0.3 is 0 Å². The minimum atomic E-state index is -0.267. The van der Waals surface area contributed by atoms with Crippen molar-refractivity contribution < 1.29 is 0 Å². The molecule has 0 radical (unpaired) electrons. The van der Waals surface area contributed by atoms with Gasteiger partial charge in [-0.2, -0.15) is 0 Å². The van der Waals surface area contributed by atoms with Gasteiger partial charge in [-0.05, 0) is 153 Å². The van der Waals surface area contributed by atoms with Crippen molar-refractivity contribution >= 4 is 88.0 Å². The number of anilines is 6. The van der Waals surface area contributed by atoms with E-state index in [1.54, 1.807) is 22.7 Å². The maximum atomic E-state index is 5.06. The van der Waals surface area contributed by atoms with E-state index in [-0.39, 0.29) is 10.8 Å². The number of aromatic nitrogens is 2. The van der Waals surface area contributed by atoms with Crippen LogP contribution in [0.2, 0.25) is 0 Å². The molecule has 66 heavy (non-hydrogen) atoms. The highest BCUT2D eigenvalue weighted by Crippen LogP contribution is 2.56. The highest BCUT2D eigenvalue weighted by Gasteiger charge is 2.40. The zero-order valence-corrected chi connectivity index (χ0v) is 38.7. The van der Waals surface area contributed by atoms with E-state index in [0.29, 0.717) is 0 Å². The Labute approximate surface area is 392 Å². The first kappa shape index (κ1) is 39.0. The lowest BCUT2D eigenvalue weighted by atomic mass is 9.73. The van der Waals surface area contributed by atoms with Gasteiger partial charge in [0.15, 0.2) is 0 Å². The molecule has 13 rings (SSSR count). The standard InChI is InChI=1S/C60H44N4S2/c1-59(2)47-15-7-10-18-53(47)64(54-32-24-40(34-50(54)59)58-62-52-17-9-12-20-56(52)66-58)44-29-31-46-45-30-28-43(35-48(45)60(3,4)49(46)36-44)63(42-27-21-37-13-5-6-14-39(37)33-42)41-25-22-38(23-26-41)57-61-51-16-8-11-19-55(51)65-57/h5-36H,1-4H3. The molecule has 2 aromatic heterocycles. The van der Waals surface area contributed by atoms with Crippen LogP contribution in [0.3, 0.4) is 0 Å². The van der Waals surface area contributed by atoms with Crippen LogP contribution in [0, 0.1) is 0 Å². The second kappa shape index (κ2) is 14.6. The summed E-state index contributed by atoms with van der Waals surface area (Å²) in [4.78, 5) is 14.9. The number of thiazole rings is 2. The lowest BCUT2D eigenvalue weighted by Crippen LogP contribution is -2.30. The molecule has 0 N–H and O–H groups in total. The molecule has 2 aliphatic rings. The summed E-state index contributed by atoms with van der Waals surface area (Å²) >= 11 is 3.50. The topological polar surface area (TPSA) is 32.3 Å². The van der Waals surface area contributed by atoms with Crippen LogP contribution in [-0.4, -0.2) is 9.97 Å². The van der Waals surface area contributed by atoms with E-state index in [4.69, 9.17) is 9.97 Å². The maximum absolute atomic E-state index is 5.06. The quantitative estimate of drug-likeness (QED) is 0.167. The summed E-state index contributed by atoms with van der Waals surface area (Å²) < 4.78 is 2.41. The first-order valence-corrected chi connectivity index (χ1v) is 24.3. The van der Waals surface area contributed by atoms with Gasteiger partial charge in [0.1, 0.15) is 10.0 Å². The first-order valence-electron chi connectivity index (χ1n) is 22.6. The van der Waals surface area contributed by atoms with Crippen molar-refractivity contribution in [1.82, 2.24) is 9.97 Å². The molecule has 0 fully saturated rings. The second-order valence-electron chi connectivity index (χ2n) is 18.7. The molecule has 0 unspecified atom stereocenters. The van der Waals surface area contributed by atoms with Crippen LogP contribution in [0.5, 0.6) is 0 Å². The van der Waals surface area contributed by atoms with E-state index >= 15 is 0 Å². The average Bonchev–Trinajstić information content (AvgIpc) is 4.05. The Balaban J connectivity index is 0.903. The summed E-state index contributed by atoms with van der Waals surface area (Å²) in [7, 11) is 0. The fraction of sp³-hybridized carbons (Fsp3) is 0.100. The third-order valence-corrected chi connectivity index (χ3v) is 16.3. The van der Waals surface area contributed by atoms with Gasteiger partial charge in [-0.15, -0.1) is 22.7 Å². The maximum Gasteiger partial charge on any atom is 0.124 e. The molecule has 4 nitrogen and oxygen atoms in total. The molecule has 3 heterocycles. The van der Waals surface area contributed by atoms with Gasteiger partial charge in [0.05, 0.1) is 31.8 Å². The van der Waals surface area contributed by atoms with E-state index in [0.717, 1.165) is 54.9 Å². The minimum absolute atomic E-state index is 0.218. The van der Waals surface area contributed by atoms with Crippen molar-refractivity contribution in [2.75, 3.05) is 9.80 Å². The highest BCUT2D eigenvalue weighted by molar-refractivity contribution is 7.22. The fourth-order valence-corrected chi connectivity index (χ4v) is 12.5. The monoisotopic (exact) mass is 884 g/mol. The Morgan fingerprint density at radius 1 is 0.409 bits per heavy atom. The SMILES string of the molecule is CC1(C)c2cc(N(c3ccc(-c4nc5ccccc5s4)cc3)c3ccc4ccccc4c3)ccc2-c2ccc(N3c4ccccc4C(C)(C)c4cc(-c5nc6ccccc6s5)ccc43)cc21. The Kier molecular flexibility index (Phi) is 8.61. The van der Waals surface area contributed by atoms with Crippen LogP contribution in [0.1, 0.15) is 49.9 Å². The fourth-order valence-electron chi connectivity index (χ4n) is 10.6. The molecule has 0 bridgehead atoms. The van der Waals surface area contributed by atoms with Gasteiger partial charge in [-0.25, -0.2) is 9.97 Å². The molecule has 1 aliphatic heterocycles. The Morgan fingerprint density at radius 2 is 0.955 bits per heavy atom. The Hall–Kier alpha value is -7.38. The molecule has 0 saturated carbocycles. The van der Waals surface area contributed by atoms with E-state index in [2.05, 4.69) is 232 Å². The lowest BCUT2D eigenvalue weighted by Gasteiger charge is -2.42. The van der Waals surface area contributed by atoms with Crippen molar-refractivity contribution in [1.29, 1.82) is 0 Å². The number of fused-ring (bicyclic) bond motifs is 8. The highest BCUT2D eigenvalue weighted by atomic mass is 32.1. The molecule has 1 aliphatic carbocycles.